The molecule has 1 amide bonds. The Hall–Kier alpha value is -2.75. The molecule has 146 valence electrons. The van der Waals surface area contributed by atoms with Crippen molar-refractivity contribution in [1.82, 2.24) is 4.57 Å². The predicted octanol–water partition coefficient (Wildman–Crippen LogP) is 4.78. The maximum atomic E-state index is 12.4. The van der Waals surface area contributed by atoms with Gasteiger partial charge < -0.3 is 15.2 Å². The Morgan fingerprint density at radius 2 is 1.68 bits per heavy atom. The van der Waals surface area contributed by atoms with Crippen molar-refractivity contribution in [3.63, 3.8) is 0 Å². The number of hydrogen-bond donors (Lipinski definition) is 1. The van der Waals surface area contributed by atoms with Gasteiger partial charge in [0.25, 0.3) is 5.91 Å². The van der Waals surface area contributed by atoms with Gasteiger partial charge in [-0.2, -0.15) is 0 Å². The van der Waals surface area contributed by atoms with Crippen LogP contribution < -0.4 is 10.6 Å². The van der Waals surface area contributed by atoms with E-state index in [1.54, 1.807) is 0 Å². The molecule has 0 radical (unpaired) electrons. The summed E-state index contributed by atoms with van der Waals surface area (Å²) in [5.41, 5.74) is 10.0. The van der Waals surface area contributed by atoms with E-state index in [1.807, 2.05) is 12.1 Å². The SMILES string of the molecule is CC(C)n1c(C(N)=O)c(N2CCC(Cc3ccccc3)CC2)c2ccccc21. The number of amides is 1. The second-order valence-corrected chi connectivity index (χ2v) is 8.16. The summed E-state index contributed by atoms with van der Waals surface area (Å²) in [4.78, 5) is 14.8. The van der Waals surface area contributed by atoms with Crippen LogP contribution in [-0.4, -0.2) is 23.6 Å². The van der Waals surface area contributed by atoms with Crippen LogP contribution in [0, 0.1) is 5.92 Å². The van der Waals surface area contributed by atoms with E-state index in [0.717, 1.165) is 48.9 Å². The van der Waals surface area contributed by atoms with E-state index in [-0.39, 0.29) is 11.9 Å². The summed E-state index contributed by atoms with van der Waals surface area (Å²) in [6, 6.07) is 19.2. The van der Waals surface area contributed by atoms with Gasteiger partial charge in [-0.1, -0.05) is 48.5 Å². The van der Waals surface area contributed by atoms with Crippen molar-refractivity contribution in [3.05, 3.63) is 65.9 Å². The van der Waals surface area contributed by atoms with Crippen LogP contribution >= 0.6 is 0 Å². The average Bonchev–Trinajstić information content (AvgIpc) is 3.05. The van der Waals surface area contributed by atoms with Crippen molar-refractivity contribution in [2.75, 3.05) is 18.0 Å². The summed E-state index contributed by atoms with van der Waals surface area (Å²) in [7, 11) is 0. The van der Waals surface area contributed by atoms with E-state index >= 15 is 0 Å². The average molecular weight is 376 g/mol. The highest BCUT2D eigenvalue weighted by Gasteiger charge is 2.29. The van der Waals surface area contributed by atoms with Crippen LogP contribution in [0.4, 0.5) is 5.69 Å². The quantitative estimate of drug-likeness (QED) is 0.698. The zero-order valence-electron chi connectivity index (χ0n) is 16.8. The number of aromatic nitrogens is 1. The lowest BCUT2D eigenvalue weighted by Crippen LogP contribution is -2.36. The van der Waals surface area contributed by atoms with Crippen molar-refractivity contribution in [2.45, 2.75) is 39.2 Å². The zero-order valence-corrected chi connectivity index (χ0v) is 16.8. The summed E-state index contributed by atoms with van der Waals surface area (Å²) in [6.07, 6.45) is 3.40. The number of nitrogens with zero attached hydrogens (tertiary/aromatic N) is 2. The zero-order chi connectivity index (χ0) is 19.7. The number of anilines is 1. The first-order valence-corrected chi connectivity index (χ1v) is 10.3. The molecule has 0 atom stereocenters. The van der Waals surface area contributed by atoms with Gasteiger partial charge in [-0.3, -0.25) is 4.79 Å². The molecule has 2 N–H and O–H groups in total. The summed E-state index contributed by atoms with van der Waals surface area (Å²) in [6.45, 7) is 6.14. The van der Waals surface area contributed by atoms with E-state index in [4.69, 9.17) is 5.73 Å². The number of benzene rings is 2. The number of primary amides is 1. The van der Waals surface area contributed by atoms with Crippen LogP contribution in [0.1, 0.15) is 48.8 Å². The highest BCUT2D eigenvalue weighted by Crippen LogP contribution is 2.38. The normalized spacial score (nSPS) is 15.5. The molecule has 2 heterocycles. The van der Waals surface area contributed by atoms with Gasteiger partial charge in [0.1, 0.15) is 5.69 Å². The fraction of sp³-hybridized carbons (Fsp3) is 0.375. The van der Waals surface area contributed by atoms with Crippen molar-refractivity contribution >= 4 is 22.5 Å². The Morgan fingerprint density at radius 1 is 1.04 bits per heavy atom. The molecule has 4 heteroatoms. The third-order valence-corrected chi connectivity index (χ3v) is 5.93. The molecule has 4 nitrogen and oxygen atoms in total. The first-order valence-electron chi connectivity index (χ1n) is 10.3. The molecule has 0 bridgehead atoms. The molecule has 1 aliphatic heterocycles. The van der Waals surface area contributed by atoms with Crippen LogP contribution in [0.3, 0.4) is 0 Å². The maximum absolute atomic E-state index is 12.4. The second kappa shape index (κ2) is 7.70. The van der Waals surface area contributed by atoms with Crippen LogP contribution in [0.2, 0.25) is 0 Å². The molecule has 2 aromatic carbocycles. The van der Waals surface area contributed by atoms with Gasteiger partial charge in [0.15, 0.2) is 0 Å². The van der Waals surface area contributed by atoms with Crippen LogP contribution in [0.5, 0.6) is 0 Å². The van der Waals surface area contributed by atoms with Crippen LogP contribution in [0.25, 0.3) is 10.9 Å². The number of piperidine rings is 1. The summed E-state index contributed by atoms with van der Waals surface area (Å²) in [5, 5.41) is 1.13. The van der Waals surface area contributed by atoms with Gasteiger partial charge in [-0.15, -0.1) is 0 Å². The fourth-order valence-corrected chi connectivity index (χ4v) is 4.65. The van der Waals surface area contributed by atoms with E-state index in [1.165, 1.54) is 5.56 Å². The number of carbonyl (C=O) groups is 1. The van der Waals surface area contributed by atoms with Gasteiger partial charge in [0.05, 0.1) is 11.2 Å². The summed E-state index contributed by atoms with van der Waals surface area (Å²) >= 11 is 0. The van der Waals surface area contributed by atoms with E-state index in [9.17, 15) is 4.79 Å². The molecule has 4 rings (SSSR count). The first kappa shape index (κ1) is 18.6. The van der Waals surface area contributed by atoms with Crippen molar-refractivity contribution in [3.8, 4) is 0 Å². The Balaban J connectivity index is 1.63. The molecule has 0 aliphatic carbocycles. The summed E-state index contributed by atoms with van der Waals surface area (Å²) in [5.74, 6) is 0.348. The van der Waals surface area contributed by atoms with Gasteiger partial charge in [0.2, 0.25) is 0 Å². The number of hydrogen-bond acceptors (Lipinski definition) is 2. The van der Waals surface area contributed by atoms with Crippen molar-refractivity contribution < 1.29 is 4.79 Å². The molecule has 0 saturated carbocycles. The minimum atomic E-state index is -0.341. The van der Waals surface area contributed by atoms with Gasteiger partial charge in [-0.05, 0) is 50.7 Å². The second-order valence-electron chi connectivity index (χ2n) is 8.16. The number of carbonyl (C=O) groups excluding carboxylic acids is 1. The Labute approximate surface area is 166 Å². The van der Waals surface area contributed by atoms with E-state index < -0.39 is 0 Å². The van der Waals surface area contributed by atoms with E-state index in [0.29, 0.717) is 11.6 Å². The number of para-hydroxylation sites is 1. The number of rotatable bonds is 5. The Morgan fingerprint density at radius 3 is 2.32 bits per heavy atom. The molecule has 1 saturated heterocycles. The third kappa shape index (κ3) is 3.39. The molecular weight excluding hydrogens is 346 g/mol. The molecule has 1 aliphatic rings. The molecule has 0 spiro atoms. The molecule has 1 aromatic heterocycles. The minimum Gasteiger partial charge on any atom is -0.369 e. The van der Waals surface area contributed by atoms with Gasteiger partial charge in [0, 0.05) is 24.5 Å². The van der Waals surface area contributed by atoms with Crippen LogP contribution in [0.15, 0.2) is 54.6 Å². The van der Waals surface area contributed by atoms with Gasteiger partial charge in [-0.25, -0.2) is 0 Å². The highest BCUT2D eigenvalue weighted by molar-refractivity contribution is 6.08. The first-order chi connectivity index (χ1) is 13.6. The lowest BCUT2D eigenvalue weighted by atomic mass is 9.90. The Kier molecular flexibility index (Phi) is 5.12. The summed E-state index contributed by atoms with van der Waals surface area (Å²) < 4.78 is 2.10. The predicted molar refractivity (Wildman–Crippen MR) is 116 cm³/mol. The van der Waals surface area contributed by atoms with Crippen molar-refractivity contribution in [2.24, 2.45) is 11.7 Å². The molecular formula is C24H29N3O. The largest absolute Gasteiger partial charge is 0.369 e. The molecule has 0 unspecified atom stereocenters. The maximum Gasteiger partial charge on any atom is 0.267 e. The van der Waals surface area contributed by atoms with Gasteiger partial charge >= 0.3 is 0 Å². The fourth-order valence-electron chi connectivity index (χ4n) is 4.65. The number of fused-ring (bicyclic) bond motifs is 1. The monoisotopic (exact) mass is 375 g/mol. The smallest absolute Gasteiger partial charge is 0.267 e. The standard InChI is InChI=1S/C24H29N3O/c1-17(2)27-21-11-7-6-10-20(21)22(23(27)24(25)28)26-14-12-19(13-15-26)16-18-8-4-3-5-9-18/h3-11,17,19H,12-16H2,1-2H3,(H2,25,28). The Bertz CT molecular complexity index is 966. The highest BCUT2D eigenvalue weighted by atomic mass is 16.1. The van der Waals surface area contributed by atoms with E-state index in [2.05, 4.69) is 65.8 Å². The third-order valence-electron chi connectivity index (χ3n) is 5.93. The van der Waals surface area contributed by atoms with Crippen LogP contribution in [-0.2, 0) is 6.42 Å². The lowest BCUT2D eigenvalue weighted by Gasteiger charge is -2.34. The topological polar surface area (TPSA) is 51.3 Å². The molecule has 28 heavy (non-hydrogen) atoms. The molecule has 3 aromatic rings. The lowest BCUT2D eigenvalue weighted by molar-refractivity contribution is 0.0991. The van der Waals surface area contributed by atoms with Crippen molar-refractivity contribution in [1.29, 1.82) is 0 Å². The number of nitrogens with two attached hydrogens (primary N) is 1. The minimum absolute atomic E-state index is 0.178. The molecule has 1 fully saturated rings.